The predicted molar refractivity (Wildman–Crippen MR) is 45.9 cm³/mol. The van der Waals surface area contributed by atoms with Gasteiger partial charge in [-0.3, -0.25) is 0 Å². The molecule has 11 heavy (non-hydrogen) atoms. The van der Waals surface area contributed by atoms with Gasteiger partial charge in [0, 0.05) is 5.54 Å². The molecule has 0 fully saturated rings. The smallest absolute Gasteiger partial charge is 0.101 e. The van der Waals surface area contributed by atoms with E-state index in [0.29, 0.717) is 5.57 Å². The Morgan fingerprint density at radius 3 is 2.45 bits per heavy atom. The highest BCUT2D eigenvalue weighted by Gasteiger charge is 1.95. The van der Waals surface area contributed by atoms with Crippen LogP contribution in [0.5, 0.6) is 0 Å². The molecule has 0 N–H and O–H groups in total. The van der Waals surface area contributed by atoms with Gasteiger partial charge in [-0.05, 0) is 5.56 Å². The highest BCUT2D eigenvalue weighted by atomic mass is 35.5. The maximum absolute atomic E-state index is 8.58. The van der Waals surface area contributed by atoms with Crippen LogP contribution in [-0.2, 0) is 0 Å². The van der Waals surface area contributed by atoms with E-state index in [0.717, 1.165) is 5.56 Å². The van der Waals surface area contributed by atoms with Gasteiger partial charge in [0.1, 0.15) is 6.07 Å². The molecule has 1 aromatic rings. The fraction of sp³-hybridized carbons (Fsp3) is 0. The number of allylic oxidation sites excluding steroid dienone is 1. The van der Waals surface area contributed by atoms with Crippen LogP contribution in [0.2, 0.25) is 0 Å². The average molecular weight is 164 g/mol. The van der Waals surface area contributed by atoms with Gasteiger partial charge in [0.05, 0.1) is 5.57 Å². The standard InChI is InChI=1S/C9H6ClN/c10-6-9(7-11)8-4-2-1-3-5-8/h1-6H/b9-6-. The summed E-state index contributed by atoms with van der Waals surface area (Å²) in [6.45, 7) is 0. The van der Waals surface area contributed by atoms with E-state index in [1.54, 1.807) is 0 Å². The molecule has 1 nitrogen and oxygen atoms in total. The zero-order valence-electron chi connectivity index (χ0n) is 5.79. The molecule has 0 saturated heterocycles. The Labute approximate surface area is 70.5 Å². The predicted octanol–water partition coefficient (Wildman–Crippen LogP) is 2.79. The summed E-state index contributed by atoms with van der Waals surface area (Å²) in [7, 11) is 0. The highest BCUT2D eigenvalue weighted by Crippen LogP contribution is 2.12. The Balaban J connectivity index is 3.05. The second kappa shape index (κ2) is 3.80. The van der Waals surface area contributed by atoms with Crippen molar-refractivity contribution in [3.8, 4) is 6.07 Å². The van der Waals surface area contributed by atoms with Gasteiger partial charge >= 0.3 is 0 Å². The van der Waals surface area contributed by atoms with Crippen LogP contribution in [0.15, 0.2) is 35.9 Å². The van der Waals surface area contributed by atoms with Gasteiger partial charge in [0.25, 0.3) is 0 Å². The quantitative estimate of drug-likeness (QED) is 0.584. The molecular weight excluding hydrogens is 158 g/mol. The van der Waals surface area contributed by atoms with Gasteiger partial charge in [-0.25, -0.2) is 0 Å². The van der Waals surface area contributed by atoms with Crippen LogP contribution in [0.1, 0.15) is 5.56 Å². The molecule has 0 bridgehead atoms. The molecule has 0 atom stereocenters. The summed E-state index contributed by atoms with van der Waals surface area (Å²) in [5.74, 6) is 0. The Kier molecular flexibility index (Phi) is 2.71. The number of rotatable bonds is 1. The van der Waals surface area contributed by atoms with E-state index in [1.165, 1.54) is 5.54 Å². The summed E-state index contributed by atoms with van der Waals surface area (Å²) >= 11 is 5.42. The van der Waals surface area contributed by atoms with Gasteiger partial charge in [-0.15, -0.1) is 0 Å². The Hall–Kier alpha value is -1.26. The molecular formula is C9H6ClN. The highest BCUT2D eigenvalue weighted by molar-refractivity contribution is 6.29. The van der Waals surface area contributed by atoms with Crippen molar-refractivity contribution >= 4 is 17.2 Å². The lowest BCUT2D eigenvalue weighted by Gasteiger charge is -1.93. The van der Waals surface area contributed by atoms with Crippen molar-refractivity contribution in [2.24, 2.45) is 0 Å². The van der Waals surface area contributed by atoms with Crippen LogP contribution in [-0.4, -0.2) is 0 Å². The van der Waals surface area contributed by atoms with Crippen molar-refractivity contribution in [3.63, 3.8) is 0 Å². The number of nitrogens with zero attached hydrogens (tertiary/aromatic N) is 1. The second-order valence-electron chi connectivity index (χ2n) is 2.00. The van der Waals surface area contributed by atoms with Crippen molar-refractivity contribution in [1.82, 2.24) is 0 Å². The zero-order chi connectivity index (χ0) is 8.10. The van der Waals surface area contributed by atoms with Crippen molar-refractivity contribution in [3.05, 3.63) is 41.4 Å². The number of hydrogen-bond acceptors (Lipinski definition) is 1. The van der Waals surface area contributed by atoms with E-state index in [1.807, 2.05) is 36.4 Å². The summed E-state index contributed by atoms with van der Waals surface area (Å²) in [5.41, 5.74) is 2.63. The molecule has 54 valence electrons. The lowest BCUT2D eigenvalue weighted by molar-refractivity contribution is 1.52. The maximum atomic E-state index is 8.58. The van der Waals surface area contributed by atoms with Crippen molar-refractivity contribution in [2.45, 2.75) is 0 Å². The second-order valence-corrected chi connectivity index (χ2v) is 2.22. The molecule has 1 aromatic carbocycles. The molecule has 2 heteroatoms. The molecule has 0 radical (unpaired) electrons. The Morgan fingerprint density at radius 2 is 2.00 bits per heavy atom. The number of halogens is 1. The minimum atomic E-state index is 0.493. The lowest BCUT2D eigenvalue weighted by atomic mass is 10.1. The molecule has 0 amide bonds. The minimum absolute atomic E-state index is 0.493. The fourth-order valence-corrected chi connectivity index (χ4v) is 0.944. The van der Waals surface area contributed by atoms with E-state index in [4.69, 9.17) is 16.9 Å². The molecule has 0 saturated carbocycles. The third kappa shape index (κ3) is 1.83. The summed E-state index contributed by atoms with van der Waals surface area (Å²) in [4.78, 5) is 0. The monoisotopic (exact) mass is 163 g/mol. The first-order valence-corrected chi connectivity index (χ1v) is 3.58. The van der Waals surface area contributed by atoms with E-state index in [9.17, 15) is 0 Å². The maximum Gasteiger partial charge on any atom is 0.101 e. The van der Waals surface area contributed by atoms with Gasteiger partial charge in [0.2, 0.25) is 0 Å². The Morgan fingerprint density at radius 1 is 1.36 bits per heavy atom. The van der Waals surface area contributed by atoms with Crippen LogP contribution in [0.3, 0.4) is 0 Å². The topological polar surface area (TPSA) is 23.8 Å². The molecule has 0 aromatic heterocycles. The van der Waals surface area contributed by atoms with Crippen LogP contribution in [0, 0.1) is 11.3 Å². The third-order valence-electron chi connectivity index (χ3n) is 1.31. The first kappa shape index (κ1) is 7.84. The van der Waals surface area contributed by atoms with Crippen LogP contribution < -0.4 is 0 Å². The lowest BCUT2D eigenvalue weighted by Crippen LogP contribution is -1.76. The normalized spacial score (nSPS) is 10.7. The molecule has 1 rings (SSSR count). The SMILES string of the molecule is N#C/C(=C/Cl)c1ccccc1. The summed E-state index contributed by atoms with van der Waals surface area (Å²) in [6.07, 6.45) is 0. The molecule has 0 aliphatic carbocycles. The molecule has 0 spiro atoms. The zero-order valence-corrected chi connectivity index (χ0v) is 6.55. The van der Waals surface area contributed by atoms with Crippen molar-refractivity contribution in [2.75, 3.05) is 0 Å². The average Bonchev–Trinajstić information content (AvgIpc) is 2.09. The summed E-state index contributed by atoms with van der Waals surface area (Å²) in [5, 5.41) is 8.58. The number of hydrogen-bond donors (Lipinski definition) is 0. The van der Waals surface area contributed by atoms with Crippen molar-refractivity contribution < 1.29 is 0 Å². The number of benzene rings is 1. The first-order valence-electron chi connectivity index (χ1n) is 3.14. The third-order valence-corrected chi connectivity index (χ3v) is 1.53. The van der Waals surface area contributed by atoms with Crippen LogP contribution in [0.25, 0.3) is 5.57 Å². The largest absolute Gasteiger partial charge is 0.192 e. The minimum Gasteiger partial charge on any atom is -0.192 e. The summed E-state index contributed by atoms with van der Waals surface area (Å²) in [6, 6.07) is 11.3. The molecule has 0 unspecified atom stereocenters. The van der Waals surface area contributed by atoms with Gasteiger partial charge in [-0.2, -0.15) is 5.26 Å². The summed E-state index contributed by atoms with van der Waals surface area (Å²) < 4.78 is 0. The van der Waals surface area contributed by atoms with E-state index < -0.39 is 0 Å². The fourth-order valence-electron chi connectivity index (χ4n) is 0.770. The first-order chi connectivity index (χ1) is 5.38. The van der Waals surface area contributed by atoms with Crippen LogP contribution >= 0.6 is 11.6 Å². The molecule has 0 aliphatic rings. The van der Waals surface area contributed by atoms with E-state index in [-0.39, 0.29) is 0 Å². The van der Waals surface area contributed by atoms with Gasteiger partial charge in [-0.1, -0.05) is 41.9 Å². The van der Waals surface area contributed by atoms with E-state index >= 15 is 0 Å². The molecule has 0 aliphatic heterocycles. The van der Waals surface area contributed by atoms with Crippen LogP contribution in [0.4, 0.5) is 0 Å². The van der Waals surface area contributed by atoms with Gasteiger partial charge < -0.3 is 0 Å². The van der Waals surface area contributed by atoms with E-state index in [2.05, 4.69) is 0 Å². The Bertz CT molecular complexity index is 295. The van der Waals surface area contributed by atoms with Gasteiger partial charge in [0.15, 0.2) is 0 Å². The molecule has 0 heterocycles. The number of nitriles is 1. The van der Waals surface area contributed by atoms with Crippen molar-refractivity contribution in [1.29, 1.82) is 5.26 Å².